The number of ether oxygens (including phenoxy) is 1. The van der Waals surface area contributed by atoms with E-state index in [4.69, 9.17) is 4.74 Å². The van der Waals surface area contributed by atoms with Crippen LogP contribution in [0.5, 0.6) is 11.5 Å². The molecular formula is C19H14BrFN2O5S. The van der Waals surface area contributed by atoms with Crippen LogP contribution in [0.25, 0.3) is 6.08 Å². The number of carbonyl (C=O) groups excluding carboxylic acids is 3. The Bertz CT molecular complexity index is 1040. The number of hydrogen-bond donors (Lipinski definition) is 2. The van der Waals surface area contributed by atoms with E-state index in [2.05, 4.69) is 21.2 Å². The van der Waals surface area contributed by atoms with Crippen LogP contribution < -0.4 is 10.1 Å². The first-order chi connectivity index (χ1) is 13.8. The van der Waals surface area contributed by atoms with Crippen LogP contribution in [-0.2, 0) is 9.59 Å². The van der Waals surface area contributed by atoms with E-state index in [0.29, 0.717) is 21.8 Å². The van der Waals surface area contributed by atoms with E-state index in [-0.39, 0.29) is 22.1 Å². The van der Waals surface area contributed by atoms with E-state index in [1.54, 1.807) is 6.07 Å². The molecule has 2 N–H and O–H groups in total. The molecule has 150 valence electrons. The van der Waals surface area contributed by atoms with Gasteiger partial charge in [0, 0.05) is 5.69 Å². The van der Waals surface area contributed by atoms with Gasteiger partial charge in [-0.05, 0) is 69.7 Å². The van der Waals surface area contributed by atoms with Crippen LogP contribution in [0.15, 0.2) is 45.8 Å². The van der Waals surface area contributed by atoms with E-state index >= 15 is 0 Å². The van der Waals surface area contributed by atoms with Crippen LogP contribution in [0.3, 0.4) is 0 Å². The molecule has 0 atom stereocenters. The van der Waals surface area contributed by atoms with Crippen molar-refractivity contribution in [2.45, 2.75) is 0 Å². The lowest BCUT2D eigenvalue weighted by Crippen LogP contribution is -2.36. The second kappa shape index (κ2) is 8.66. The van der Waals surface area contributed by atoms with Gasteiger partial charge in [-0.25, -0.2) is 4.39 Å². The molecule has 0 bridgehead atoms. The fraction of sp³-hybridized carbons (Fsp3) is 0.105. The highest BCUT2D eigenvalue weighted by Crippen LogP contribution is 2.38. The Hall–Kier alpha value is -2.85. The molecule has 0 aromatic heterocycles. The van der Waals surface area contributed by atoms with Gasteiger partial charge >= 0.3 is 0 Å². The van der Waals surface area contributed by atoms with Crippen LogP contribution in [0.1, 0.15) is 5.56 Å². The van der Waals surface area contributed by atoms with Crippen molar-refractivity contribution < 1.29 is 28.6 Å². The van der Waals surface area contributed by atoms with Crippen molar-refractivity contribution in [2.75, 3.05) is 19.0 Å². The minimum Gasteiger partial charge on any atom is -0.503 e. The molecule has 0 unspecified atom stereocenters. The van der Waals surface area contributed by atoms with Gasteiger partial charge in [0.25, 0.3) is 11.1 Å². The first-order valence-corrected chi connectivity index (χ1v) is 9.76. The third-order valence-corrected chi connectivity index (χ3v) is 5.36. The summed E-state index contributed by atoms with van der Waals surface area (Å²) in [5, 5.41) is 11.7. The topological polar surface area (TPSA) is 95.9 Å². The summed E-state index contributed by atoms with van der Waals surface area (Å²) in [4.78, 5) is 37.8. The first kappa shape index (κ1) is 20.9. The molecule has 29 heavy (non-hydrogen) atoms. The number of halogens is 2. The third-order valence-electron chi connectivity index (χ3n) is 3.85. The number of rotatable bonds is 5. The van der Waals surface area contributed by atoms with Gasteiger partial charge in [-0.3, -0.25) is 19.3 Å². The summed E-state index contributed by atoms with van der Waals surface area (Å²) >= 11 is 3.88. The summed E-state index contributed by atoms with van der Waals surface area (Å²) in [7, 11) is 1.39. The molecule has 1 heterocycles. The summed E-state index contributed by atoms with van der Waals surface area (Å²) in [5.41, 5.74) is 0.736. The Labute approximate surface area is 177 Å². The number of nitrogens with one attached hydrogen (secondary N) is 1. The molecule has 10 heteroatoms. The number of benzene rings is 2. The Morgan fingerprint density at radius 3 is 2.79 bits per heavy atom. The summed E-state index contributed by atoms with van der Waals surface area (Å²) in [6.07, 6.45) is 1.46. The summed E-state index contributed by atoms with van der Waals surface area (Å²) < 4.78 is 18.6. The second-order valence-electron chi connectivity index (χ2n) is 5.88. The number of thioether (sulfide) groups is 1. The Balaban J connectivity index is 1.75. The van der Waals surface area contributed by atoms with Crippen molar-refractivity contribution in [1.29, 1.82) is 0 Å². The van der Waals surface area contributed by atoms with Crippen molar-refractivity contribution in [1.82, 2.24) is 4.90 Å². The van der Waals surface area contributed by atoms with E-state index in [9.17, 15) is 23.9 Å². The van der Waals surface area contributed by atoms with E-state index in [1.165, 1.54) is 37.5 Å². The van der Waals surface area contributed by atoms with E-state index in [0.717, 1.165) is 11.0 Å². The molecule has 3 rings (SSSR count). The lowest BCUT2D eigenvalue weighted by Gasteiger charge is -2.12. The minimum absolute atomic E-state index is 0.0909. The van der Waals surface area contributed by atoms with Crippen LogP contribution in [0, 0.1) is 5.82 Å². The molecule has 7 nitrogen and oxygen atoms in total. The Kier molecular flexibility index (Phi) is 6.23. The third kappa shape index (κ3) is 4.77. The maximum absolute atomic E-state index is 13.2. The first-order valence-electron chi connectivity index (χ1n) is 8.15. The smallest absolute Gasteiger partial charge is 0.294 e. The Morgan fingerprint density at radius 2 is 2.10 bits per heavy atom. The average molecular weight is 481 g/mol. The summed E-state index contributed by atoms with van der Waals surface area (Å²) in [6.45, 7) is -0.499. The van der Waals surface area contributed by atoms with E-state index < -0.39 is 29.4 Å². The maximum Gasteiger partial charge on any atom is 0.294 e. The second-order valence-corrected chi connectivity index (χ2v) is 7.73. The molecule has 2 aromatic rings. The molecule has 0 aliphatic carbocycles. The van der Waals surface area contributed by atoms with E-state index in [1.807, 2.05) is 0 Å². The number of methoxy groups -OCH3 is 1. The van der Waals surface area contributed by atoms with Crippen molar-refractivity contribution >= 4 is 56.5 Å². The standard InChI is InChI=1S/C19H14BrFN2O5S/c1-28-14-6-10(5-13(20)17(14)25)7-15-18(26)23(19(27)29-15)9-16(24)22-12-4-2-3-11(21)8-12/h2-8,25H,9H2,1H3,(H,22,24)/b15-7+. The molecule has 3 amide bonds. The van der Waals surface area contributed by atoms with Gasteiger partial charge in [0.2, 0.25) is 5.91 Å². The number of amides is 3. The molecule has 1 saturated heterocycles. The number of anilines is 1. The fourth-order valence-corrected chi connectivity index (χ4v) is 3.83. The zero-order valence-electron chi connectivity index (χ0n) is 14.9. The molecule has 2 aromatic carbocycles. The molecule has 0 saturated carbocycles. The molecular weight excluding hydrogens is 467 g/mol. The number of hydrogen-bond acceptors (Lipinski definition) is 6. The van der Waals surface area contributed by atoms with Crippen molar-refractivity contribution in [3.8, 4) is 11.5 Å². The number of phenolic OH excluding ortho intramolecular Hbond substituents is 1. The van der Waals surface area contributed by atoms with Crippen LogP contribution in [0.2, 0.25) is 0 Å². The normalized spacial score (nSPS) is 15.1. The highest BCUT2D eigenvalue weighted by Gasteiger charge is 2.36. The number of nitrogens with zero attached hydrogens (tertiary/aromatic N) is 1. The largest absolute Gasteiger partial charge is 0.503 e. The molecule has 1 aliphatic rings. The van der Waals surface area contributed by atoms with Gasteiger partial charge in [0.05, 0.1) is 16.5 Å². The van der Waals surface area contributed by atoms with Crippen molar-refractivity contribution in [2.24, 2.45) is 0 Å². The quantitative estimate of drug-likeness (QED) is 0.628. The highest BCUT2D eigenvalue weighted by atomic mass is 79.9. The van der Waals surface area contributed by atoms with Crippen LogP contribution in [-0.4, -0.2) is 40.7 Å². The zero-order valence-corrected chi connectivity index (χ0v) is 17.3. The van der Waals surface area contributed by atoms with Gasteiger partial charge in [0.1, 0.15) is 12.4 Å². The zero-order chi connectivity index (χ0) is 21.1. The lowest BCUT2D eigenvalue weighted by atomic mass is 10.2. The predicted octanol–water partition coefficient (Wildman–Crippen LogP) is 3.98. The summed E-state index contributed by atoms with van der Waals surface area (Å²) in [6, 6.07) is 8.34. The number of phenols is 1. The van der Waals surface area contributed by atoms with Gasteiger partial charge in [-0.15, -0.1) is 0 Å². The molecule has 0 spiro atoms. The highest BCUT2D eigenvalue weighted by molar-refractivity contribution is 9.10. The van der Waals surface area contributed by atoms with Crippen LogP contribution in [0.4, 0.5) is 14.9 Å². The van der Waals surface area contributed by atoms with Gasteiger partial charge < -0.3 is 15.2 Å². The summed E-state index contributed by atoms with van der Waals surface area (Å²) in [5.74, 6) is -1.68. The Morgan fingerprint density at radius 1 is 1.34 bits per heavy atom. The van der Waals surface area contributed by atoms with Gasteiger partial charge in [0.15, 0.2) is 11.5 Å². The van der Waals surface area contributed by atoms with Gasteiger partial charge in [-0.2, -0.15) is 0 Å². The predicted molar refractivity (Wildman–Crippen MR) is 110 cm³/mol. The number of carbonyl (C=O) groups is 3. The fourth-order valence-electron chi connectivity index (χ4n) is 2.53. The number of imide groups is 1. The monoisotopic (exact) mass is 480 g/mol. The van der Waals surface area contributed by atoms with Crippen LogP contribution >= 0.6 is 27.7 Å². The maximum atomic E-state index is 13.2. The van der Waals surface area contributed by atoms with Crippen molar-refractivity contribution in [3.63, 3.8) is 0 Å². The lowest BCUT2D eigenvalue weighted by molar-refractivity contribution is -0.127. The SMILES string of the molecule is COc1cc(/C=C2/SC(=O)N(CC(=O)Nc3cccc(F)c3)C2=O)cc(Br)c1O. The average Bonchev–Trinajstić information content (AvgIpc) is 2.92. The van der Waals surface area contributed by atoms with Gasteiger partial charge in [-0.1, -0.05) is 6.07 Å². The number of aromatic hydroxyl groups is 1. The molecule has 1 aliphatic heterocycles. The van der Waals surface area contributed by atoms with Crippen molar-refractivity contribution in [3.05, 3.63) is 57.2 Å². The minimum atomic E-state index is -0.631. The molecule has 0 radical (unpaired) electrons. The molecule has 1 fully saturated rings.